The maximum Gasteiger partial charge on any atom is 0.330 e. The molecule has 0 amide bonds. The molecule has 2 rings (SSSR count). The zero-order valence-corrected chi connectivity index (χ0v) is 20.8. The van der Waals surface area contributed by atoms with E-state index in [-0.39, 0.29) is 29.4 Å². The standard InChI is InChI=1S/C27H47NO4/c1-4-7-8-9-10-11-12-23(5-2)26(30)32-24-21-28-20-19-27(24)17-15-22(16-18-27)13-14-25(29)31-6-3/h13-14,22-24,28H,4-12,15-21H2,1-3H3/b14-13+. The highest BCUT2D eigenvalue weighted by Crippen LogP contribution is 2.47. The second-order valence-corrected chi connectivity index (χ2v) is 9.85. The fourth-order valence-corrected chi connectivity index (χ4v) is 5.40. The van der Waals surface area contributed by atoms with Crippen LogP contribution in [0.3, 0.4) is 0 Å². The van der Waals surface area contributed by atoms with Gasteiger partial charge in [0.15, 0.2) is 0 Å². The minimum Gasteiger partial charge on any atom is -0.463 e. The molecule has 1 spiro atoms. The lowest BCUT2D eigenvalue weighted by atomic mass is 9.64. The van der Waals surface area contributed by atoms with Crippen molar-refractivity contribution in [3.8, 4) is 0 Å². The highest BCUT2D eigenvalue weighted by molar-refractivity contribution is 5.81. The van der Waals surface area contributed by atoms with E-state index >= 15 is 0 Å². The van der Waals surface area contributed by atoms with Crippen molar-refractivity contribution in [2.75, 3.05) is 19.7 Å². The predicted octanol–water partition coefficient (Wildman–Crippen LogP) is 5.96. The fraction of sp³-hybridized carbons (Fsp3) is 0.852. The van der Waals surface area contributed by atoms with Crippen LogP contribution in [-0.4, -0.2) is 37.7 Å². The summed E-state index contributed by atoms with van der Waals surface area (Å²) in [5.74, 6) is 0.201. The van der Waals surface area contributed by atoms with Crippen LogP contribution >= 0.6 is 0 Å². The van der Waals surface area contributed by atoms with E-state index in [9.17, 15) is 9.59 Å². The van der Waals surface area contributed by atoms with E-state index in [1.165, 1.54) is 32.1 Å². The lowest BCUT2D eigenvalue weighted by molar-refractivity contribution is -0.166. The van der Waals surface area contributed by atoms with Gasteiger partial charge in [0.25, 0.3) is 0 Å². The Kier molecular flexibility index (Phi) is 12.4. The molecule has 1 saturated carbocycles. The van der Waals surface area contributed by atoms with Crippen molar-refractivity contribution in [1.29, 1.82) is 0 Å². The Morgan fingerprint density at radius 1 is 1.03 bits per heavy atom. The van der Waals surface area contributed by atoms with E-state index in [4.69, 9.17) is 9.47 Å². The van der Waals surface area contributed by atoms with Gasteiger partial charge < -0.3 is 14.8 Å². The molecule has 2 unspecified atom stereocenters. The van der Waals surface area contributed by atoms with Crippen LogP contribution in [0.2, 0.25) is 0 Å². The van der Waals surface area contributed by atoms with E-state index in [0.717, 1.165) is 64.5 Å². The third kappa shape index (κ3) is 8.53. The summed E-state index contributed by atoms with van der Waals surface area (Å²) in [6, 6.07) is 0. The van der Waals surface area contributed by atoms with Gasteiger partial charge in [-0.25, -0.2) is 4.79 Å². The lowest BCUT2D eigenvalue weighted by Gasteiger charge is -2.47. The maximum atomic E-state index is 13.0. The van der Waals surface area contributed by atoms with Crippen LogP contribution in [0.15, 0.2) is 12.2 Å². The molecule has 5 nitrogen and oxygen atoms in total. The minimum absolute atomic E-state index is 0.0125. The Balaban J connectivity index is 1.84. The molecule has 0 radical (unpaired) electrons. The Hall–Kier alpha value is -1.36. The fourth-order valence-electron chi connectivity index (χ4n) is 5.40. The molecular formula is C27H47NO4. The molecule has 1 aliphatic heterocycles. The quantitative estimate of drug-likeness (QED) is 0.213. The summed E-state index contributed by atoms with van der Waals surface area (Å²) in [5, 5.41) is 3.45. The van der Waals surface area contributed by atoms with E-state index in [0.29, 0.717) is 12.5 Å². The number of allylic oxidation sites excluding steroid dienone is 1. The number of rotatable bonds is 13. The van der Waals surface area contributed by atoms with Gasteiger partial charge in [-0.05, 0) is 64.3 Å². The average molecular weight is 450 g/mol. The first-order valence-electron chi connectivity index (χ1n) is 13.3. The van der Waals surface area contributed by atoms with E-state index < -0.39 is 0 Å². The maximum absolute atomic E-state index is 13.0. The largest absolute Gasteiger partial charge is 0.463 e. The molecule has 1 aliphatic carbocycles. The number of unbranched alkanes of at least 4 members (excludes halogenated alkanes) is 5. The van der Waals surface area contributed by atoms with Crippen LogP contribution in [-0.2, 0) is 19.1 Å². The molecule has 1 saturated heterocycles. The predicted molar refractivity (Wildman–Crippen MR) is 129 cm³/mol. The summed E-state index contributed by atoms with van der Waals surface area (Å²) in [4.78, 5) is 24.6. The van der Waals surface area contributed by atoms with Crippen molar-refractivity contribution in [2.45, 2.75) is 110 Å². The van der Waals surface area contributed by atoms with E-state index in [1.807, 2.05) is 13.0 Å². The summed E-state index contributed by atoms with van der Waals surface area (Å²) >= 11 is 0. The highest BCUT2D eigenvalue weighted by atomic mass is 16.5. The molecule has 32 heavy (non-hydrogen) atoms. The van der Waals surface area contributed by atoms with Gasteiger partial charge in [0.05, 0.1) is 12.5 Å². The lowest BCUT2D eigenvalue weighted by Crippen LogP contribution is -2.52. The van der Waals surface area contributed by atoms with Crippen LogP contribution in [0, 0.1) is 17.3 Å². The third-order valence-electron chi connectivity index (χ3n) is 7.62. The van der Waals surface area contributed by atoms with Gasteiger partial charge in [-0.15, -0.1) is 0 Å². The minimum atomic E-state index is -0.252. The molecule has 0 aromatic rings. The number of hydrogen-bond acceptors (Lipinski definition) is 5. The Labute approximate surface area is 196 Å². The van der Waals surface area contributed by atoms with E-state index in [1.54, 1.807) is 6.08 Å². The number of carbonyl (C=O) groups excluding carboxylic acids is 2. The number of carbonyl (C=O) groups is 2. The van der Waals surface area contributed by atoms with Gasteiger partial charge in [-0.1, -0.05) is 58.4 Å². The van der Waals surface area contributed by atoms with Gasteiger partial charge >= 0.3 is 11.9 Å². The topological polar surface area (TPSA) is 64.6 Å². The van der Waals surface area contributed by atoms with Crippen molar-refractivity contribution in [1.82, 2.24) is 5.32 Å². The van der Waals surface area contributed by atoms with Gasteiger partial charge in [0, 0.05) is 18.0 Å². The van der Waals surface area contributed by atoms with E-state index in [2.05, 4.69) is 19.2 Å². The third-order valence-corrected chi connectivity index (χ3v) is 7.62. The van der Waals surface area contributed by atoms with Crippen LogP contribution in [0.5, 0.6) is 0 Å². The molecule has 184 valence electrons. The SMILES string of the molecule is CCCCCCCCC(CC)C(=O)OC1CNCCC12CCC(/C=C/C(=O)OCC)CC2. The number of hydrogen-bond donors (Lipinski definition) is 1. The number of ether oxygens (including phenoxy) is 2. The molecule has 1 heterocycles. The summed E-state index contributed by atoms with van der Waals surface area (Å²) in [7, 11) is 0. The van der Waals surface area contributed by atoms with Crippen molar-refractivity contribution < 1.29 is 19.1 Å². The van der Waals surface area contributed by atoms with Gasteiger partial charge in [-0.3, -0.25) is 4.79 Å². The molecule has 0 aromatic carbocycles. The molecule has 1 N–H and O–H groups in total. The highest BCUT2D eigenvalue weighted by Gasteiger charge is 2.45. The zero-order chi connectivity index (χ0) is 23.2. The first-order valence-corrected chi connectivity index (χ1v) is 13.3. The molecule has 2 atom stereocenters. The van der Waals surface area contributed by atoms with Crippen molar-refractivity contribution in [3.05, 3.63) is 12.2 Å². The van der Waals surface area contributed by atoms with Crippen molar-refractivity contribution in [2.24, 2.45) is 17.3 Å². The number of esters is 2. The van der Waals surface area contributed by atoms with Gasteiger partial charge in [0.1, 0.15) is 6.10 Å². The Morgan fingerprint density at radius 2 is 1.75 bits per heavy atom. The smallest absolute Gasteiger partial charge is 0.330 e. The molecule has 2 fully saturated rings. The van der Waals surface area contributed by atoms with Gasteiger partial charge in [-0.2, -0.15) is 0 Å². The summed E-state index contributed by atoms with van der Waals surface area (Å²) in [6.07, 6.45) is 18.2. The number of piperidine rings is 1. The summed E-state index contributed by atoms with van der Waals surface area (Å²) < 4.78 is 11.2. The van der Waals surface area contributed by atoms with Crippen LogP contribution in [0.1, 0.15) is 104 Å². The molecule has 5 heteroatoms. The summed E-state index contributed by atoms with van der Waals surface area (Å²) in [6.45, 7) is 8.34. The average Bonchev–Trinajstić information content (AvgIpc) is 2.80. The zero-order valence-electron chi connectivity index (χ0n) is 20.8. The van der Waals surface area contributed by atoms with Crippen LogP contribution < -0.4 is 5.32 Å². The van der Waals surface area contributed by atoms with Crippen molar-refractivity contribution in [3.63, 3.8) is 0 Å². The Morgan fingerprint density at radius 3 is 2.44 bits per heavy atom. The molecule has 0 aromatic heterocycles. The second kappa shape index (κ2) is 14.7. The first kappa shape index (κ1) is 26.9. The second-order valence-electron chi connectivity index (χ2n) is 9.85. The molecular weight excluding hydrogens is 402 g/mol. The Bertz CT molecular complexity index is 580. The monoisotopic (exact) mass is 449 g/mol. The molecule has 2 aliphatic rings. The van der Waals surface area contributed by atoms with Crippen LogP contribution in [0.25, 0.3) is 0 Å². The van der Waals surface area contributed by atoms with Gasteiger partial charge in [0.2, 0.25) is 0 Å². The van der Waals surface area contributed by atoms with Crippen molar-refractivity contribution >= 4 is 11.9 Å². The first-order chi connectivity index (χ1) is 15.5. The summed E-state index contributed by atoms with van der Waals surface area (Å²) in [5.41, 5.74) is 0.0909. The molecule has 0 bridgehead atoms. The van der Waals surface area contributed by atoms with Crippen LogP contribution in [0.4, 0.5) is 0 Å². The number of nitrogens with one attached hydrogen (secondary N) is 1. The normalized spacial score (nSPS) is 26.8.